The number of hydrogen-bond donors (Lipinski definition) is 0. The third-order valence-corrected chi connectivity index (χ3v) is 3.54. The SMILES string of the molecule is COc1ccc(-c2cc(-c3ccco3)nc(Cl)c2C#N)cc1. The number of benzene rings is 1. The van der Waals surface area contributed by atoms with Crippen LogP contribution in [0.1, 0.15) is 5.56 Å². The molecule has 0 spiro atoms. The zero-order valence-electron chi connectivity index (χ0n) is 11.7. The van der Waals surface area contributed by atoms with E-state index in [1.54, 1.807) is 31.6 Å². The fraction of sp³-hybridized carbons (Fsp3) is 0.0588. The molecular weight excluding hydrogens is 300 g/mol. The number of methoxy groups -OCH3 is 1. The molecule has 1 aromatic carbocycles. The molecule has 3 rings (SSSR count). The Bertz CT molecular complexity index is 834. The normalized spacial score (nSPS) is 10.2. The number of hydrogen-bond acceptors (Lipinski definition) is 4. The second-order valence-corrected chi connectivity index (χ2v) is 4.90. The lowest BCUT2D eigenvalue weighted by Crippen LogP contribution is -1.93. The van der Waals surface area contributed by atoms with Crippen molar-refractivity contribution in [3.63, 3.8) is 0 Å². The number of rotatable bonds is 3. The average molecular weight is 311 g/mol. The molecule has 0 aliphatic rings. The van der Waals surface area contributed by atoms with Gasteiger partial charge in [-0.3, -0.25) is 0 Å². The summed E-state index contributed by atoms with van der Waals surface area (Å²) in [6.45, 7) is 0. The number of aromatic nitrogens is 1. The molecule has 22 heavy (non-hydrogen) atoms. The zero-order valence-corrected chi connectivity index (χ0v) is 12.5. The maximum atomic E-state index is 9.36. The van der Waals surface area contributed by atoms with Crippen molar-refractivity contribution in [3.8, 4) is 34.4 Å². The van der Waals surface area contributed by atoms with Gasteiger partial charge in [0, 0.05) is 5.56 Å². The van der Waals surface area contributed by atoms with Crippen molar-refractivity contribution in [1.82, 2.24) is 4.98 Å². The molecule has 0 saturated heterocycles. The van der Waals surface area contributed by atoms with Crippen molar-refractivity contribution in [2.45, 2.75) is 0 Å². The average Bonchev–Trinajstić information content (AvgIpc) is 3.08. The van der Waals surface area contributed by atoms with Crippen LogP contribution in [0.2, 0.25) is 5.15 Å². The summed E-state index contributed by atoms with van der Waals surface area (Å²) in [4.78, 5) is 4.23. The highest BCUT2D eigenvalue weighted by atomic mass is 35.5. The van der Waals surface area contributed by atoms with Crippen LogP contribution >= 0.6 is 11.6 Å². The van der Waals surface area contributed by atoms with Gasteiger partial charge in [-0.1, -0.05) is 23.7 Å². The second-order valence-electron chi connectivity index (χ2n) is 4.54. The van der Waals surface area contributed by atoms with Gasteiger partial charge in [0.05, 0.1) is 18.9 Å². The minimum atomic E-state index is 0.155. The predicted octanol–water partition coefficient (Wildman–Crippen LogP) is 4.54. The molecule has 3 aromatic rings. The molecule has 0 aliphatic heterocycles. The lowest BCUT2D eigenvalue weighted by molar-refractivity contribution is 0.415. The Labute approximate surface area is 132 Å². The summed E-state index contributed by atoms with van der Waals surface area (Å²) in [5.74, 6) is 1.34. The summed E-state index contributed by atoms with van der Waals surface area (Å²) >= 11 is 6.16. The van der Waals surface area contributed by atoms with Crippen LogP contribution < -0.4 is 4.74 Å². The van der Waals surface area contributed by atoms with Crippen molar-refractivity contribution in [1.29, 1.82) is 5.26 Å². The van der Waals surface area contributed by atoms with Gasteiger partial charge >= 0.3 is 0 Å². The van der Waals surface area contributed by atoms with Crippen LogP contribution in [0.4, 0.5) is 0 Å². The van der Waals surface area contributed by atoms with Crippen LogP contribution in [0.3, 0.4) is 0 Å². The van der Waals surface area contributed by atoms with E-state index >= 15 is 0 Å². The molecule has 5 heteroatoms. The van der Waals surface area contributed by atoms with Gasteiger partial charge in [0.15, 0.2) is 5.76 Å². The Morgan fingerprint density at radius 3 is 2.59 bits per heavy atom. The predicted molar refractivity (Wildman–Crippen MR) is 83.7 cm³/mol. The first kappa shape index (κ1) is 14.2. The van der Waals surface area contributed by atoms with Crippen molar-refractivity contribution in [2.75, 3.05) is 7.11 Å². The fourth-order valence-corrected chi connectivity index (χ4v) is 2.40. The van der Waals surface area contributed by atoms with E-state index in [1.165, 1.54) is 0 Å². The molecule has 0 fully saturated rings. The Kier molecular flexibility index (Phi) is 3.82. The molecule has 0 radical (unpaired) electrons. The van der Waals surface area contributed by atoms with E-state index in [9.17, 15) is 5.26 Å². The van der Waals surface area contributed by atoms with Gasteiger partial charge < -0.3 is 9.15 Å². The molecule has 2 aromatic heterocycles. The van der Waals surface area contributed by atoms with E-state index in [2.05, 4.69) is 11.1 Å². The maximum Gasteiger partial charge on any atom is 0.152 e. The van der Waals surface area contributed by atoms with Gasteiger partial charge in [-0.05, 0) is 35.9 Å². The Hall–Kier alpha value is -2.77. The van der Waals surface area contributed by atoms with E-state index in [1.807, 2.05) is 24.3 Å². The van der Waals surface area contributed by atoms with E-state index in [-0.39, 0.29) is 5.15 Å². The van der Waals surface area contributed by atoms with Crippen LogP contribution in [0.5, 0.6) is 5.75 Å². The smallest absolute Gasteiger partial charge is 0.152 e. The summed E-state index contributed by atoms with van der Waals surface area (Å²) in [7, 11) is 1.61. The lowest BCUT2D eigenvalue weighted by Gasteiger charge is -2.09. The van der Waals surface area contributed by atoms with E-state index in [4.69, 9.17) is 20.8 Å². The van der Waals surface area contributed by atoms with Crippen molar-refractivity contribution in [3.05, 3.63) is 59.4 Å². The fourth-order valence-electron chi connectivity index (χ4n) is 2.17. The molecule has 0 saturated carbocycles. The number of furan rings is 1. The number of halogens is 1. The van der Waals surface area contributed by atoms with Gasteiger partial charge in [-0.25, -0.2) is 4.98 Å². The standard InChI is InChI=1S/C17H11ClN2O2/c1-21-12-6-4-11(5-7-12)13-9-15(16-3-2-8-22-16)20-17(18)14(13)10-19/h2-9H,1H3. The minimum Gasteiger partial charge on any atom is -0.497 e. The van der Waals surface area contributed by atoms with Gasteiger partial charge in [0.1, 0.15) is 22.7 Å². The maximum absolute atomic E-state index is 9.36. The van der Waals surface area contributed by atoms with Crippen LogP contribution in [-0.2, 0) is 0 Å². The molecule has 0 bridgehead atoms. The van der Waals surface area contributed by atoms with Crippen LogP contribution in [0, 0.1) is 11.3 Å². The highest BCUT2D eigenvalue weighted by molar-refractivity contribution is 6.31. The largest absolute Gasteiger partial charge is 0.497 e. The summed E-state index contributed by atoms with van der Waals surface area (Å²) in [6.07, 6.45) is 1.57. The highest BCUT2D eigenvalue weighted by Gasteiger charge is 2.15. The molecular formula is C17H11ClN2O2. The van der Waals surface area contributed by atoms with Crippen molar-refractivity contribution in [2.24, 2.45) is 0 Å². The van der Waals surface area contributed by atoms with Gasteiger partial charge in [0.2, 0.25) is 0 Å². The minimum absolute atomic E-state index is 0.155. The molecule has 0 amide bonds. The molecule has 0 N–H and O–H groups in total. The van der Waals surface area contributed by atoms with Gasteiger partial charge in [0.25, 0.3) is 0 Å². The summed E-state index contributed by atoms with van der Waals surface area (Å²) < 4.78 is 10.5. The lowest BCUT2D eigenvalue weighted by atomic mass is 10.0. The van der Waals surface area contributed by atoms with Crippen molar-refractivity contribution < 1.29 is 9.15 Å². The summed E-state index contributed by atoms with van der Waals surface area (Å²) in [5.41, 5.74) is 2.48. The Balaban J connectivity index is 2.18. The summed E-state index contributed by atoms with van der Waals surface area (Å²) in [5, 5.41) is 9.52. The Morgan fingerprint density at radius 2 is 2.00 bits per heavy atom. The van der Waals surface area contributed by atoms with Crippen LogP contribution in [-0.4, -0.2) is 12.1 Å². The van der Waals surface area contributed by atoms with Crippen molar-refractivity contribution >= 4 is 11.6 Å². The zero-order chi connectivity index (χ0) is 15.5. The van der Waals surface area contributed by atoms with Gasteiger partial charge in [-0.2, -0.15) is 5.26 Å². The van der Waals surface area contributed by atoms with E-state index in [0.29, 0.717) is 22.6 Å². The third-order valence-electron chi connectivity index (χ3n) is 3.26. The topological polar surface area (TPSA) is 59.1 Å². The second kappa shape index (κ2) is 5.92. The van der Waals surface area contributed by atoms with Gasteiger partial charge in [-0.15, -0.1) is 0 Å². The molecule has 0 atom stereocenters. The number of nitrogens with zero attached hydrogens (tertiary/aromatic N) is 2. The van der Waals surface area contributed by atoms with E-state index < -0.39 is 0 Å². The molecule has 108 valence electrons. The number of nitriles is 1. The number of pyridine rings is 1. The molecule has 2 heterocycles. The highest BCUT2D eigenvalue weighted by Crippen LogP contribution is 2.32. The monoisotopic (exact) mass is 310 g/mol. The molecule has 0 aliphatic carbocycles. The van der Waals surface area contributed by atoms with Crippen LogP contribution in [0.25, 0.3) is 22.6 Å². The van der Waals surface area contributed by atoms with E-state index in [0.717, 1.165) is 11.3 Å². The first-order chi connectivity index (χ1) is 10.7. The summed E-state index contributed by atoms with van der Waals surface area (Å²) in [6, 6.07) is 14.9. The molecule has 4 nitrogen and oxygen atoms in total. The first-order valence-electron chi connectivity index (χ1n) is 6.52. The first-order valence-corrected chi connectivity index (χ1v) is 6.89. The molecule has 0 unspecified atom stereocenters. The Morgan fingerprint density at radius 1 is 1.23 bits per heavy atom. The van der Waals surface area contributed by atoms with Crippen LogP contribution in [0.15, 0.2) is 53.1 Å². The quantitative estimate of drug-likeness (QED) is 0.666. The number of ether oxygens (including phenoxy) is 1. The third kappa shape index (κ3) is 2.54.